The molecule has 2 saturated heterocycles. The number of ether oxygens (including phenoxy) is 1. The second-order valence-electron chi connectivity index (χ2n) is 6.57. The summed E-state index contributed by atoms with van der Waals surface area (Å²) in [6.45, 7) is 3.23. The predicted octanol–water partition coefficient (Wildman–Crippen LogP) is 1.97. The number of carbonyl (C=O) groups excluding carboxylic acids is 1. The average molecular weight is 356 g/mol. The Kier molecular flexibility index (Phi) is 4.42. The first-order valence-electron chi connectivity index (χ1n) is 8.82. The fraction of sp³-hybridized carbons (Fsp3) is 0.444. The van der Waals surface area contributed by atoms with E-state index in [1.807, 2.05) is 4.90 Å². The van der Waals surface area contributed by atoms with E-state index in [0.29, 0.717) is 43.7 Å². The Labute approximate surface area is 150 Å². The van der Waals surface area contributed by atoms with Gasteiger partial charge in [0.15, 0.2) is 0 Å². The first kappa shape index (κ1) is 16.7. The summed E-state index contributed by atoms with van der Waals surface area (Å²) < 4.78 is 5.49. The van der Waals surface area contributed by atoms with Gasteiger partial charge >= 0.3 is 0 Å². The molecular weight excluding hydrogens is 336 g/mol. The molecule has 2 aromatic rings. The third-order valence-corrected chi connectivity index (χ3v) is 5.06. The molecule has 1 aromatic heterocycles. The van der Waals surface area contributed by atoms with Crippen LogP contribution in [0.5, 0.6) is 0 Å². The molecule has 0 radical (unpaired) electrons. The lowest BCUT2D eigenvalue weighted by molar-refractivity contribution is -0.383. The van der Waals surface area contributed by atoms with Crippen LogP contribution in [0.2, 0.25) is 0 Å². The minimum Gasteiger partial charge on any atom is -0.368 e. The molecule has 3 heterocycles. The maximum Gasteiger partial charge on any atom is 0.278 e. The fourth-order valence-electron chi connectivity index (χ4n) is 3.70. The number of aromatic nitrogens is 1. The highest BCUT2D eigenvalue weighted by Gasteiger charge is 2.31. The molecule has 1 amide bonds. The zero-order chi connectivity index (χ0) is 18.1. The van der Waals surface area contributed by atoms with E-state index in [0.717, 1.165) is 18.5 Å². The highest BCUT2D eigenvalue weighted by molar-refractivity contribution is 5.97. The van der Waals surface area contributed by atoms with Gasteiger partial charge in [-0.3, -0.25) is 19.9 Å². The quantitative estimate of drug-likeness (QED) is 0.617. The zero-order valence-electron chi connectivity index (χ0n) is 14.3. The lowest BCUT2D eigenvalue weighted by Gasteiger charge is -2.37. The summed E-state index contributed by atoms with van der Waals surface area (Å²) in [7, 11) is 0. The first-order chi connectivity index (χ1) is 12.6. The van der Waals surface area contributed by atoms with E-state index < -0.39 is 0 Å². The zero-order valence-corrected chi connectivity index (χ0v) is 14.3. The number of hydrogen-bond acceptors (Lipinski definition) is 6. The van der Waals surface area contributed by atoms with Crippen LogP contribution in [0.4, 0.5) is 11.4 Å². The fourth-order valence-corrected chi connectivity index (χ4v) is 3.70. The maximum atomic E-state index is 12.5. The number of fused-ring (bicyclic) bond motifs is 1. The van der Waals surface area contributed by atoms with Crippen molar-refractivity contribution in [3.63, 3.8) is 0 Å². The largest absolute Gasteiger partial charge is 0.368 e. The van der Waals surface area contributed by atoms with E-state index in [1.54, 1.807) is 24.4 Å². The number of anilines is 1. The van der Waals surface area contributed by atoms with E-state index in [9.17, 15) is 14.9 Å². The van der Waals surface area contributed by atoms with E-state index in [1.165, 1.54) is 6.07 Å². The van der Waals surface area contributed by atoms with Crippen molar-refractivity contribution in [1.29, 1.82) is 0 Å². The predicted molar refractivity (Wildman–Crippen MR) is 96.2 cm³/mol. The number of nitro groups is 1. The van der Waals surface area contributed by atoms with Gasteiger partial charge in [-0.15, -0.1) is 0 Å². The number of nitrogens with zero attached hydrogens (tertiary/aromatic N) is 4. The van der Waals surface area contributed by atoms with E-state index in [2.05, 4.69) is 9.88 Å². The van der Waals surface area contributed by atoms with Crippen molar-refractivity contribution in [2.45, 2.75) is 18.9 Å². The van der Waals surface area contributed by atoms with Crippen LogP contribution in [0.25, 0.3) is 10.9 Å². The number of carbonyl (C=O) groups is 1. The minimum absolute atomic E-state index is 0.0593. The SMILES string of the molecule is O=C(C1CCCO1)N1CCN(c2ccc([N+](=O)[O-])c3cccnc23)CC1. The van der Waals surface area contributed by atoms with E-state index >= 15 is 0 Å². The molecule has 1 aromatic carbocycles. The number of rotatable bonds is 3. The Balaban J connectivity index is 1.54. The lowest BCUT2D eigenvalue weighted by atomic mass is 10.1. The molecule has 1 unspecified atom stereocenters. The summed E-state index contributed by atoms with van der Waals surface area (Å²) in [5.74, 6) is 0.0776. The van der Waals surface area contributed by atoms with Crippen LogP contribution in [0, 0.1) is 10.1 Å². The summed E-state index contributed by atoms with van der Waals surface area (Å²) in [5.41, 5.74) is 1.56. The number of benzene rings is 1. The molecule has 4 rings (SSSR count). The van der Waals surface area contributed by atoms with Crippen molar-refractivity contribution in [2.75, 3.05) is 37.7 Å². The van der Waals surface area contributed by atoms with Crippen LogP contribution in [-0.4, -0.2) is 59.6 Å². The van der Waals surface area contributed by atoms with Crippen LogP contribution in [0.3, 0.4) is 0 Å². The third kappa shape index (κ3) is 2.96. The normalized spacial score (nSPS) is 20.5. The Morgan fingerprint density at radius 3 is 2.73 bits per heavy atom. The molecule has 136 valence electrons. The molecule has 0 aliphatic carbocycles. The maximum absolute atomic E-state index is 12.5. The van der Waals surface area contributed by atoms with Gasteiger partial charge in [0.05, 0.1) is 16.0 Å². The first-order valence-corrected chi connectivity index (χ1v) is 8.82. The van der Waals surface area contributed by atoms with Crippen molar-refractivity contribution in [3.8, 4) is 0 Å². The Morgan fingerprint density at radius 2 is 2.04 bits per heavy atom. The molecular formula is C18H20N4O4. The summed E-state index contributed by atoms with van der Waals surface area (Å²) in [4.78, 5) is 31.7. The highest BCUT2D eigenvalue weighted by Crippen LogP contribution is 2.32. The number of nitro benzene ring substituents is 1. The Hall–Kier alpha value is -2.74. The molecule has 2 fully saturated rings. The number of pyridine rings is 1. The van der Waals surface area contributed by atoms with Gasteiger partial charge in [-0.1, -0.05) is 0 Å². The molecule has 2 aliphatic rings. The van der Waals surface area contributed by atoms with Gasteiger partial charge in [-0.25, -0.2) is 0 Å². The van der Waals surface area contributed by atoms with Gasteiger partial charge < -0.3 is 14.5 Å². The number of piperazine rings is 1. The molecule has 2 aliphatic heterocycles. The van der Waals surface area contributed by atoms with Crippen molar-refractivity contribution in [1.82, 2.24) is 9.88 Å². The smallest absolute Gasteiger partial charge is 0.278 e. The van der Waals surface area contributed by atoms with Crippen LogP contribution in [0.15, 0.2) is 30.5 Å². The molecule has 8 nitrogen and oxygen atoms in total. The summed E-state index contributed by atoms with van der Waals surface area (Å²) in [5, 5.41) is 11.8. The summed E-state index contributed by atoms with van der Waals surface area (Å²) in [6.07, 6.45) is 3.10. The minimum atomic E-state index is -0.383. The Bertz CT molecular complexity index is 842. The van der Waals surface area contributed by atoms with Crippen LogP contribution < -0.4 is 4.90 Å². The summed E-state index contributed by atoms with van der Waals surface area (Å²) in [6, 6.07) is 6.72. The standard InChI is InChI=1S/C18H20N4O4/c23-18(16-4-2-12-26-16)21-10-8-20(9-11-21)15-6-5-14(22(24)25)13-3-1-7-19-17(13)15/h1,3,5-7,16H,2,4,8-12H2. The van der Waals surface area contributed by atoms with Gasteiger partial charge in [0.1, 0.15) is 11.6 Å². The second kappa shape index (κ2) is 6.87. The van der Waals surface area contributed by atoms with Gasteiger partial charge in [-0.05, 0) is 31.0 Å². The van der Waals surface area contributed by atoms with Gasteiger partial charge in [0.2, 0.25) is 0 Å². The molecule has 0 N–H and O–H groups in total. The highest BCUT2D eigenvalue weighted by atomic mass is 16.6. The number of non-ortho nitro benzene ring substituents is 1. The van der Waals surface area contributed by atoms with Crippen molar-refractivity contribution in [2.24, 2.45) is 0 Å². The molecule has 0 spiro atoms. The number of amides is 1. The van der Waals surface area contributed by atoms with Crippen LogP contribution in [-0.2, 0) is 9.53 Å². The Morgan fingerprint density at radius 1 is 1.23 bits per heavy atom. The topological polar surface area (TPSA) is 88.8 Å². The van der Waals surface area contributed by atoms with Crippen LogP contribution in [0.1, 0.15) is 12.8 Å². The molecule has 0 saturated carbocycles. The van der Waals surface area contributed by atoms with Gasteiger partial charge in [-0.2, -0.15) is 0 Å². The van der Waals surface area contributed by atoms with Crippen molar-refractivity contribution < 1.29 is 14.5 Å². The number of hydrogen-bond donors (Lipinski definition) is 0. The second-order valence-corrected chi connectivity index (χ2v) is 6.57. The molecule has 0 bridgehead atoms. The molecule has 8 heteroatoms. The monoisotopic (exact) mass is 356 g/mol. The van der Waals surface area contributed by atoms with Gasteiger partial charge in [0.25, 0.3) is 11.6 Å². The van der Waals surface area contributed by atoms with Crippen LogP contribution >= 0.6 is 0 Å². The lowest BCUT2D eigenvalue weighted by Crippen LogP contribution is -2.51. The molecule has 1 atom stereocenters. The van der Waals surface area contributed by atoms with E-state index in [-0.39, 0.29) is 22.6 Å². The average Bonchev–Trinajstić information content (AvgIpc) is 3.21. The third-order valence-electron chi connectivity index (χ3n) is 5.06. The van der Waals surface area contributed by atoms with Crippen molar-refractivity contribution >= 4 is 28.2 Å². The molecule has 26 heavy (non-hydrogen) atoms. The van der Waals surface area contributed by atoms with Crippen molar-refractivity contribution in [3.05, 3.63) is 40.6 Å². The summed E-state index contributed by atoms with van der Waals surface area (Å²) >= 11 is 0. The van der Waals surface area contributed by atoms with Gasteiger partial charge in [0, 0.05) is 45.0 Å². The van der Waals surface area contributed by atoms with E-state index in [4.69, 9.17) is 4.74 Å².